The summed E-state index contributed by atoms with van der Waals surface area (Å²) in [5, 5.41) is 2.70. The number of benzene rings is 2. The lowest BCUT2D eigenvalue weighted by molar-refractivity contribution is -0.122. The van der Waals surface area contributed by atoms with Gasteiger partial charge in [-0.15, -0.1) is 0 Å². The molecule has 152 valence electrons. The van der Waals surface area contributed by atoms with Gasteiger partial charge in [-0.05, 0) is 36.8 Å². The van der Waals surface area contributed by atoms with Crippen molar-refractivity contribution in [3.8, 4) is 17.2 Å². The van der Waals surface area contributed by atoms with Crippen molar-refractivity contribution < 1.29 is 27.4 Å². The van der Waals surface area contributed by atoms with Crippen LogP contribution in [0, 0.1) is 0 Å². The number of amides is 1. The molecule has 0 radical (unpaired) electrons. The molecule has 28 heavy (non-hydrogen) atoms. The van der Waals surface area contributed by atoms with Crippen molar-refractivity contribution in [3.63, 3.8) is 0 Å². The Bertz CT molecular complexity index is 913. The van der Waals surface area contributed by atoms with Gasteiger partial charge in [0.05, 0.1) is 32.3 Å². The van der Waals surface area contributed by atoms with Gasteiger partial charge in [-0.2, -0.15) is 4.72 Å². The van der Waals surface area contributed by atoms with E-state index < -0.39 is 22.0 Å². The Hall–Kier alpha value is -2.78. The molecule has 1 atom stereocenters. The molecule has 0 bridgehead atoms. The summed E-state index contributed by atoms with van der Waals surface area (Å²) in [6.07, 6.45) is 0. The van der Waals surface area contributed by atoms with Crippen molar-refractivity contribution in [3.05, 3.63) is 48.0 Å². The van der Waals surface area contributed by atoms with E-state index in [2.05, 4.69) is 10.0 Å². The number of hydrogen-bond acceptors (Lipinski definition) is 6. The molecule has 2 rings (SSSR count). The summed E-state index contributed by atoms with van der Waals surface area (Å²) in [5.74, 6) is 0.958. The standard InChI is InChI=1S/C19H24N2O6S/c1-13(19(22)20-12-14-5-7-15(25-2)8-6-14)21-28(23,24)16-9-10-17(26-3)18(11-16)27-4/h5-11,13,21H,12H2,1-4H3,(H,20,22)/t13-/m0/s1. The van der Waals surface area contributed by atoms with Gasteiger partial charge in [-0.3, -0.25) is 4.79 Å². The highest BCUT2D eigenvalue weighted by Gasteiger charge is 2.23. The van der Waals surface area contributed by atoms with Gasteiger partial charge in [-0.25, -0.2) is 8.42 Å². The molecule has 9 heteroatoms. The fraction of sp³-hybridized carbons (Fsp3) is 0.316. The Balaban J connectivity index is 2.01. The second-order valence-corrected chi connectivity index (χ2v) is 7.64. The van der Waals surface area contributed by atoms with Crippen LogP contribution in [0.1, 0.15) is 12.5 Å². The molecule has 2 aromatic carbocycles. The fourth-order valence-corrected chi connectivity index (χ4v) is 3.64. The van der Waals surface area contributed by atoms with Crippen molar-refractivity contribution in [2.75, 3.05) is 21.3 Å². The molecule has 0 fully saturated rings. The van der Waals surface area contributed by atoms with Crippen LogP contribution in [0.2, 0.25) is 0 Å². The van der Waals surface area contributed by atoms with Crippen molar-refractivity contribution in [2.24, 2.45) is 0 Å². The van der Waals surface area contributed by atoms with Crippen LogP contribution in [0.5, 0.6) is 17.2 Å². The Morgan fingerprint density at radius 1 is 0.964 bits per heavy atom. The minimum atomic E-state index is -3.92. The van der Waals surface area contributed by atoms with Gasteiger partial charge in [0, 0.05) is 12.6 Å². The van der Waals surface area contributed by atoms with E-state index in [4.69, 9.17) is 14.2 Å². The highest BCUT2D eigenvalue weighted by molar-refractivity contribution is 7.89. The molecule has 2 N–H and O–H groups in total. The molecule has 8 nitrogen and oxygen atoms in total. The third-order valence-corrected chi connectivity index (χ3v) is 5.55. The number of methoxy groups -OCH3 is 3. The Morgan fingerprint density at radius 3 is 2.18 bits per heavy atom. The number of carbonyl (C=O) groups is 1. The Kier molecular flexibility index (Phi) is 7.24. The predicted octanol–water partition coefficient (Wildman–Crippen LogP) is 1.70. The number of nitrogens with one attached hydrogen (secondary N) is 2. The van der Waals surface area contributed by atoms with Crippen molar-refractivity contribution >= 4 is 15.9 Å². The van der Waals surface area contributed by atoms with Crippen LogP contribution in [0.4, 0.5) is 0 Å². The van der Waals surface area contributed by atoms with Crippen LogP contribution in [0.3, 0.4) is 0 Å². The molecule has 0 spiro atoms. The zero-order valence-corrected chi connectivity index (χ0v) is 17.0. The quantitative estimate of drug-likeness (QED) is 0.655. The normalized spacial score (nSPS) is 12.1. The number of ether oxygens (including phenoxy) is 3. The van der Waals surface area contributed by atoms with Crippen LogP contribution >= 0.6 is 0 Å². The summed E-state index contributed by atoms with van der Waals surface area (Å²) in [6.45, 7) is 1.74. The number of hydrogen-bond donors (Lipinski definition) is 2. The lowest BCUT2D eigenvalue weighted by atomic mass is 10.2. The summed E-state index contributed by atoms with van der Waals surface area (Å²) in [7, 11) is 0.527. The average Bonchev–Trinajstić information content (AvgIpc) is 2.71. The van der Waals surface area contributed by atoms with E-state index in [0.717, 1.165) is 5.56 Å². The van der Waals surface area contributed by atoms with Gasteiger partial charge in [0.25, 0.3) is 0 Å². The highest BCUT2D eigenvalue weighted by atomic mass is 32.2. The maximum Gasteiger partial charge on any atom is 0.241 e. The van der Waals surface area contributed by atoms with Crippen molar-refractivity contribution in [1.82, 2.24) is 10.0 Å². The lowest BCUT2D eigenvalue weighted by Crippen LogP contribution is -2.44. The summed E-state index contributed by atoms with van der Waals surface area (Å²) >= 11 is 0. The van der Waals surface area contributed by atoms with E-state index in [0.29, 0.717) is 11.5 Å². The van der Waals surface area contributed by atoms with E-state index in [-0.39, 0.29) is 17.2 Å². The third-order valence-electron chi connectivity index (χ3n) is 4.02. The van der Waals surface area contributed by atoms with Gasteiger partial charge < -0.3 is 19.5 Å². The van der Waals surface area contributed by atoms with Crippen LogP contribution in [0.25, 0.3) is 0 Å². The van der Waals surface area contributed by atoms with E-state index in [1.165, 1.54) is 39.3 Å². The zero-order chi connectivity index (χ0) is 20.7. The molecule has 0 heterocycles. The van der Waals surface area contributed by atoms with E-state index >= 15 is 0 Å². The Morgan fingerprint density at radius 2 is 1.61 bits per heavy atom. The van der Waals surface area contributed by atoms with Crippen LogP contribution in [0.15, 0.2) is 47.4 Å². The number of rotatable bonds is 9. The van der Waals surface area contributed by atoms with Crippen molar-refractivity contribution in [2.45, 2.75) is 24.4 Å². The number of carbonyl (C=O) groups excluding carboxylic acids is 1. The maximum absolute atomic E-state index is 12.6. The van der Waals surface area contributed by atoms with E-state index in [1.54, 1.807) is 19.2 Å². The van der Waals surface area contributed by atoms with E-state index in [9.17, 15) is 13.2 Å². The molecule has 0 saturated heterocycles. The van der Waals surface area contributed by atoms with Crippen LogP contribution in [-0.4, -0.2) is 41.7 Å². The first-order chi connectivity index (χ1) is 13.3. The maximum atomic E-state index is 12.6. The average molecular weight is 408 g/mol. The lowest BCUT2D eigenvalue weighted by Gasteiger charge is -2.15. The molecular formula is C19H24N2O6S. The van der Waals surface area contributed by atoms with E-state index in [1.807, 2.05) is 12.1 Å². The zero-order valence-electron chi connectivity index (χ0n) is 16.2. The summed E-state index contributed by atoms with van der Waals surface area (Å²) in [5.41, 5.74) is 0.865. The first kappa shape index (κ1) is 21.5. The van der Waals surface area contributed by atoms with Gasteiger partial charge in [0.15, 0.2) is 11.5 Å². The molecular weight excluding hydrogens is 384 g/mol. The minimum absolute atomic E-state index is 0.0278. The third kappa shape index (κ3) is 5.37. The Labute approximate surface area is 164 Å². The van der Waals surface area contributed by atoms with Gasteiger partial charge in [0.2, 0.25) is 15.9 Å². The summed E-state index contributed by atoms with van der Waals surface area (Å²) in [6, 6.07) is 10.4. The molecule has 0 aliphatic rings. The fourth-order valence-electron chi connectivity index (χ4n) is 2.42. The summed E-state index contributed by atoms with van der Waals surface area (Å²) in [4.78, 5) is 12.2. The molecule has 1 amide bonds. The van der Waals surface area contributed by atoms with Gasteiger partial charge in [-0.1, -0.05) is 12.1 Å². The first-order valence-corrected chi connectivity index (χ1v) is 9.94. The monoisotopic (exact) mass is 408 g/mol. The SMILES string of the molecule is COc1ccc(CNC(=O)[C@H](C)NS(=O)(=O)c2ccc(OC)c(OC)c2)cc1. The van der Waals surface area contributed by atoms with Crippen LogP contribution in [-0.2, 0) is 21.4 Å². The molecule has 0 saturated carbocycles. The minimum Gasteiger partial charge on any atom is -0.497 e. The van der Waals surface area contributed by atoms with Crippen molar-refractivity contribution in [1.29, 1.82) is 0 Å². The summed E-state index contributed by atoms with van der Waals surface area (Å²) < 4.78 is 42.8. The highest BCUT2D eigenvalue weighted by Crippen LogP contribution is 2.29. The molecule has 0 aliphatic heterocycles. The molecule has 0 aliphatic carbocycles. The van der Waals surface area contributed by atoms with Crippen LogP contribution < -0.4 is 24.2 Å². The molecule has 0 aromatic heterocycles. The second-order valence-electron chi connectivity index (χ2n) is 5.93. The second kappa shape index (κ2) is 9.43. The smallest absolute Gasteiger partial charge is 0.241 e. The largest absolute Gasteiger partial charge is 0.497 e. The predicted molar refractivity (Wildman–Crippen MR) is 104 cm³/mol. The van der Waals surface area contributed by atoms with Gasteiger partial charge >= 0.3 is 0 Å². The molecule has 2 aromatic rings. The molecule has 0 unspecified atom stereocenters. The number of sulfonamides is 1. The van der Waals surface area contributed by atoms with Gasteiger partial charge in [0.1, 0.15) is 5.75 Å². The topological polar surface area (TPSA) is 103 Å². The first-order valence-electron chi connectivity index (χ1n) is 8.45.